The number of hydrogen-bond donors (Lipinski definition) is 1. The number of nitrogens with one attached hydrogen (secondary N) is 1. The van der Waals surface area contributed by atoms with Gasteiger partial charge in [0.1, 0.15) is 12.6 Å². The molecule has 0 saturated heterocycles. The molecule has 49 heavy (non-hydrogen) atoms. The van der Waals surface area contributed by atoms with Crippen molar-refractivity contribution in [3.63, 3.8) is 0 Å². The highest BCUT2D eigenvalue weighted by Crippen LogP contribution is 2.33. The molecule has 0 unspecified atom stereocenters. The van der Waals surface area contributed by atoms with Crippen molar-refractivity contribution in [1.29, 1.82) is 0 Å². The maximum Gasteiger partial charge on any atom is 0.264 e. The summed E-state index contributed by atoms with van der Waals surface area (Å²) in [7, 11) is -1.46. The number of ether oxygens (including phenoxy) is 2. The second kappa shape index (κ2) is 17.2. The maximum absolute atomic E-state index is 14.7. The number of amides is 2. The molecule has 0 aromatic heterocycles. The molecule has 260 valence electrons. The molecule has 2 amide bonds. The Morgan fingerprint density at radius 1 is 0.837 bits per heavy atom. The molecule has 0 spiro atoms. The number of rotatable bonds is 16. The molecule has 4 rings (SSSR count). The molecule has 0 aliphatic carbocycles. The normalized spacial score (nSPS) is 11.8. The van der Waals surface area contributed by atoms with Gasteiger partial charge in [-0.15, -0.1) is 0 Å². The highest BCUT2D eigenvalue weighted by Gasteiger charge is 2.35. The zero-order valence-corrected chi connectivity index (χ0v) is 30.2. The summed E-state index contributed by atoms with van der Waals surface area (Å²) in [5.74, 6) is -0.298. The fourth-order valence-corrected chi connectivity index (χ4v) is 7.25. The minimum absolute atomic E-state index is 0.0230. The third kappa shape index (κ3) is 9.77. The Labute approximate surface area is 294 Å². The van der Waals surface area contributed by atoms with Crippen molar-refractivity contribution in [3.05, 3.63) is 118 Å². The lowest BCUT2D eigenvalue weighted by Crippen LogP contribution is -2.53. The van der Waals surface area contributed by atoms with Gasteiger partial charge in [-0.3, -0.25) is 13.9 Å². The lowest BCUT2D eigenvalue weighted by atomic mass is 10.0. The second-order valence-corrected chi connectivity index (χ2v) is 14.2. The van der Waals surface area contributed by atoms with Crippen LogP contribution in [0.25, 0.3) is 0 Å². The molecule has 0 heterocycles. The molecule has 0 bridgehead atoms. The third-order valence-corrected chi connectivity index (χ3v) is 10.1. The Morgan fingerprint density at radius 2 is 1.51 bits per heavy atom. The summed E-state index contributed by atoms with van der Waals surface area (Å²) in [5, 5.41) is 3.48. The number of halogens is 1. The molecule has 0 radical (unpaired) electrons. The summed E-state index contributed by atoms with van der Waals surface area (Å²) in [6, 6.07) is 25.2. The molecule has 0 aliphatic heterocycles. The SMILES string of the molecule is CCCCNC(=O)[C@@H](Cc1ccccc1)N(Cc1cccc(Cl)c1)C(=O)CN(c1cc(C)cc(C)c1)S(=O)(=O)c1ccc(OC)c(OC)c1. The molecule has 1 atom stereocenters. The summed E-state index contributed by atoms with van der Waals surface area (Å²) in [6.07, 6.45) is 1.88. The van der Waals surface area contributed by atoms with Crippen molar-refractivity contribution >= 4 is 39.1 Å². The smallest absolute Gasteiger partial charge is 0.264 e. The molecule has 9 nitrogen and oxygen atoms in total. The third-order valence-electron chi connectivity index (χ3n) is 8.06. The molecule has 0 aliphatic rings. The lowest BCUT2D eigenvalue weighted by molar-refractivity contribution is -0.140. The Kier molecular flexibility index (Phi) is 13.1. The highest BCUT2D eigenvalue weighted by atomic mass is 35.5. The van der Waals surface area contributed by atoms with E-state index in [-0.39, 0.29) is 29.5 Å². The van der Waals surface area contributed by atoms with Crippen LogP contribution < -0.4 is 19.1 Å². The fourth-order valence-electron chi connectivity index (χ4n) is 5.62. The molecule has 11 heteroatoms. The Hall–Kier alpha value is -4.54. The van der Waals surface area contributed by atoms with Gasteiger partial charge in [0.25, 0.3) is 10.0 Å². The first-order chi connectivity index (χ1) is 23.5. The van der Waals surface area contributed by atoms with Gasteiger partial charge in [0.05, 0.1) is 24.8 Å². The van der Waals surface area contributed by atoms with Crippen LogP contribution in [0.1, 0.15) is 42.0 Å². The minimum Gasteiger partial charge on any atom is -0.493 e. The lowest BCUT2D eigenvalue weighted by Gasteiger charge is -2.34. The average molecular weight is 706 g/mol. The van der Waals surface area contributed by atoms with E-state index in [1.165, 1.54) is 37.3 Å². The van der Waals surface area contributed by atoms with Gasteiger partial charge in [-0.05, 0) is 78.9 Å². The maximum atomic E-state index is 14.7. The van der Waals surface area contributed by atoms with Gasteiger partial charge >= 0.3 is 0 Å². The number of benzene rings is 4. The van der Waals surface area contributed by atoms with Crippen LogP contribution in [0.4, 0.5) is 5.69 Å². The van der Waals surface area contributed by atoms with E-state index >= 15 is 0 Å². The first kappa shape index (κ1) is 37.3. The quantitative estimate of drug-likeness (QED) is 0.130. The molecule has 0 saturated carbocycles. The van der Waals surface area contributed by atoms with Crippen molar-refractivity contribution in [2.45, 2.75) is 57.5 Å². The van der Waals surface area contributed by atoms with Crippen LogP contribution in [0.5, 0.6) is 11.5 Å². The standard InChI is InChI=1S/C38H44ClN3O6S/c1-6-7-18-40-38(44)34(23-29-12-9-8-10-13-29)41(25-30-14-11-15-31(39)22-30)37(43)26-42(32-20-27(2)19-28(3)21-32)49(45,46)33-16-17-35(47-4)36(24-33)48-5/h8-17,19-22,24,34H,6-7,18,23,25-26H2,1-5H3,(H,40,44)/t34-/m1/s1. The van der Waals surface area contributed by atoms with Gasteiger partial charge in [-0.2, -0.15) is 0 Å². The topological polar surface area (TPSA) is 105 Å². The van der Waals surface area contributed by atoms with E-state index in [0.29, 0.717) is 28.6 Å². The van der Waals surface area contributed by atoms with Crippen molar-refractivity contribution < 1.29 is 27.5 Å². The van der Waals surface area contributed by atoms with Crippen LogP contribution in [-0.4, -0.2) is 58.5 Å². The number of sulfonamides is 1. The molecule has 4 aromatic carbocycles. The molecular weight excluding hydrogens is 662 g/mol. The first-order valence-electron chi connectivity index (χ1n) is 16.2. The van der Waals surface area contributed by atoms with Gasteiger partial charge in [-0.1, -0.05) is 73.5 Å². The van der Waals surface area contributed by atoms with E-state index < -0.39 is 28.5 Å². The van der Waals surface area contributed by atoms with E-state index in [2.05, 4.69) is 5.32 Å². The van der Waals surface area contributed by atoms with E-state index in [0.717, 1.165) is 33.8 Å². The average Bonchev–Trinajstić information content (AvgIpc) is 3.08. The molecule has 1 N–H and O–H groups in total. The van der Waals surface area contributed by atoms with Crippen LogP contribution >= 0.6 is 11.6 Å². The number of aryl methyl sites for hydroxylation is 2. The van der Waals surface area contributed by atoms with E-state index in [9.17, 15) is 18.0 Å². The van der Waals surface area contributed by atoms with Crippen molar-refractivity contribution in [3.8, 4) is 11.5 Å². The van der Waals surface area contributed by atoms with Crippen LogP contribution in [0.3, 0.4) is 0 Å². The van der Waals surface area contributed by atoms with Crippen molar-refractivity contribution in [2.24, 2.45) is 0 Å². The van der Waals surface area contributed by atoms with Gasteiger partial charge in [0.15, 0.2) is 11.5 Å². The number of unbranched alkanes of at least 4 members (excludes halogenated alkanes) is 1. The summed E-state index contributed by atoms with van der Waals surface area (Å²) in [5.41, 5.74) is 3.51. The Balaban J connectivity index is 1.84. The Bertz CT molecular complexity index is 1830. The molecular formula is C38H44ClN3O6S. The predicted octanol–water partition coefficient (Wildman–Crippen LogP) is 6.73. The summed E-state index contributed by atoms with van der Waals surface area (Å²) in [6.45, 7) is 5.65. The fraction of sp³-hybridized carbons (Fsp3) is 0.316. The highest BCUT2D eigenvalue weighted by molar-refractivity contribution is 7.92. The van der Waals surface area contributed by atoms with Crippen molar-refractivity contribution in [1.82, 2.24) is 10.2 Å². The molecule has 4 aromatic rings. The minimum atomic E-state index is -4.35. The van der Waals surface area contributed by atoms with Crippen LogP contribution in [-0.2, 0) is 32.6 Å². The van der Waals surface area contributed by atoms with E-state index in [1.807, 2.05) is 63.2 Å². The van der Waals surface area contributed by atoms with Crippen LogP contribution in [0.2, 0.25) is 5.02 Å². The summed E-state index contributed by atoms with van der Waals surface area (Å²) in [4.78, 5) is 30.0. The van der Waals surface area contributed by atoms with Gasteiger partial charge < -0.3 is 19.7 Å². The van der Waals surface area contributed by atoms with Gasteiger partial charge in [-0.25, -0.2) is 8.42 Å². The van der Waals surface area contributed by atoms with Crippen molar-refractivity contribution in [2.75, 3.05) is 31.6 Å². The van der Waals surface area contributed by atoms with Crippen LogP contribution in [0, 0.1) is 13.8 Å². The van der Waals surface area contributed by atoms with E-state index in [4.69, 9.17) is 21.1 Å². The predicted molar refractivity (Wildman–Crippen MR) is 194 cm³/mol. The Morgan fingerprint density at radius 3 is 2.14 bits per heavy atom. The zero-order valence-electron chi connectivity index (χ0n) is 28.6. The van der Waals surface area contributed by atoms with E-state index in [1.54, 1.807) is 30.3 Å². The number of methoxy groups -OCH3 is 2. The van der Waals surface area contributed by atoms with Gasteiger partial charge in [0.2, 0.25) is 11.8 Å². The van der Waals surface area contributed by atoms with Gasteiger partial charge in [0, 0.05) is 30.6 Å². The number of hydrogen-bond acceptors (Lipinski definition) is 6. The molecule has 0 fully saturated rings. The number of nitrogens with zero attached hydrogens (tertiary/aromatic N) is 2. The largest absolute Gasteiger partial charge is 0.493 e. The number of anilines is 1. The monoisotopic (exact) mass is 705 g/mol. The first-order valence-corrected chi connectivity index (χ1v) is 18.0. The number of carbonyl (C=O) groups is 2. The van der Waals surface area contributed by atoms with Crippen LogP contribution in [0.15, 0.2) is 95.9 Å². The number of carbonyl (C=O) groups excluding carboxylic acids is 2. The second-order valence-electron chi connectivity index (χ2n) is 11.9. The summed E-state index contributed by atoms with van der Waals surface area (Å²) < 4.78 is 40.9. The summed E-state index contributed by atoms with van der Waals surface area (Å²) >= 11 is 6.34. The zero-order chi connectivity index (χ0) is 35.6.